The average molecular weight is 248 g/mol. The summed E-state index contributed by atoms with van der Waals surface area (Å²) in [6.45, 7) is 3.85. The lowest BCUT2D eigenvalue weighted by atomic mass is 10.3. The van der Waals surface area contributed by atoms with Gasteiger partial charge in [-0.15, -0.1) is 0 Å². The van der Waals surface area contributed by atoms with Gasteiger partial charge >= 0.3 is 0 Å². The van der Waals surface area contributed by atoms with E-state index in [0.717, 1.165) is 17.1 Å². The highest BCUT2D eigenvalue weighted by Gasteiger charge is 2.40. The lowest BCUT2D eigenvalue weighted by Gasteiger charge is -2.23. The Morgan fingerprint density at radius 1 is 1.44 bits per heavy atom. The van der Waals surface area contributed by atoms with E-state index in [1.807, 2.05) is 13.8 Å². The fourth-order valence-electron chi connectivity index (χ4n) is 1.63. The van der Waals surface area contributed by atoms with Gasteiger partial charge in [0.1, 0.15) is 0 Å². The van der Waals surface area contributed by atoms with E-state index in [2.05, 4.69) is 0 Å². The molecule has 16 heavy (non-hydrogen) atoms. The van der Waals surface area contributed by atoms with Crippen LogP contribution in [-0.2, 0) is 14.8 Å². The number of sulfonamides is 1. The molecule has 0 bridgehead atoms. The largest absolute Gasteiger partial charge is 0.330 e. The molecule has 94 valence electrons. The lowest BCUT2D eigenvalue weighted by molar-refractivity contribution is -0.126. The Kier molecular flexibility index (Phi) is 4.32. The first kappa shape index (κ1) is 13.4. The number of nitrogens with two attached hydrogens (primary N) is 1. The minimum atomic E-state index is -3.45. The topological polar surface area (TPSA) is 80.5 Å². The molecule has 6 heteroatoms. The Balaban J connectivity index is 2.80. The first-order valence-electron chi connectivity index (χ1n) is 5.63. The Bertz CT molecular complexity index is 347. The van der Waals surface area contributed by atoms with E-state index < -0.39 is 10.0 Å². The molecule has 1 aliphatic carbocycles. The molecule has 1 aliphatic rings. The van der Waals surface area contributed by atoms with Crippen molar-refractivity contribution in [2.45, 2.75) is 39.2 Å². The molecule has 0 aliphatic heterocycles. The predicted molar refractivity (Wildman–Crippen MR) is 62.2 cm³/mol. The second-order valence-corrected chi connectivity index (χ2v) is 6.52. The van der Waals surface area contributed by atoms with Crippen molar-refractivity contribution in [2.24, 2.45) is 11.7 Å². The maximum atomic E-state index is 12.0. The molecule has 0 heterocycles. The fraction of sp³-hybridized carbons (Fsp3) is 0.900. The number of carbonyl (C=O) groups is 1. The van der Waals surface area contributed by atoms with Gasteiger partial charge in [0.05, 0.1) is 5.75 Å². The van der Waals surface area contributed by atoms with Crippen molar-refractivity contribution in [3.63, 3.8) is 0 Å². The SMILES string of the molecule is CC(C)CS(=O)(=O)N(C(=O)CCN)C1CC1. The van der Waals surface area contributed by atoms with Gasteiger partial charge in [-0.3, -0.25) is 4.79 Å². The molecule has 1 fully saturated rings. The van der Waals surface area contributed by atoms with Crippen molar-refractivity contribution in [2.75, 3.05) is 12.3 Å². The maximum Gasteiger partial charge on any atom is 0.237 e. The van der Waals surface area contributed by atoms with Gasteiger partial charge < -0.3 is 5.73 Å². The molecule has 0 saturated heterocycles. The fourth-order valence-corrected chi connectivity index (χ4v) is 3.70. The summed E-state index contributed by atoms with van der Waals surface area (Å²) in [5.41, 5.74) is 5.29. The minimum absolute atomic E-state index is 0.0249. The van der Waals surface area contributed by atoms with E-state index in [0.29, 0.717) is 0 Å². The van der Waals surface area contributed by atoms with Crippen LogP contribution in [0.4, 0.5) is 0 Å². The third-order valence-corrected chi connectivity index (χ3v) is 4.52. The van der Waals surface area contributed by atoms with Crippen molar-refractivity contribution >= 4 is 15.9 Å². The van der Waals surface area contributed by atoms with Gasteiger partial charge in [0.25, 0.3) is 0 Å². The highest BCUT2D eigenvalue weighted by atomic mass is 32.2. The van der Waals surface area contributed by atoms with Crippen LogP contribution in [0, 0.1) is 5.92 Å². The Labute approximate surface area is 97.0 Å². The summed E-state index contributed by atoms with van der Waals surface area (Å²) in [6, 6.07) is -0.109. The zero-order chi connectivity index (χ0) is 12.3. The number of hydrogen-bond acceptors (Lipinski definition) is 4. The molecule has 1 saturated carbocycles. The van der Waals surface area contributed by atoms with Gasteiger partial charge in [-0.05, 0) is 18.8 Å². The van der Waals surface area contributed by atoms with E-state index in [-0.39, 0.29) is 36.6 Å². The summed E-state index contributed by atoms with van der Waals surface area (Å²) >= 11 is 0. The zero-order valence-corrected chi connectivity index (χ0v) is 10.7. The normalized spacial score (nSPS) is 16.5. The Hall–Kier alpha value is -0.620. The predicted octanol–water partition coefficient (Wildman–Crippen LogP) is 0.312. The molecule has 1 rings (SSSR count). The van der Waals surface area contributed by atoms with Gasteiger partial charge in [0, 0.05) is 19.0 Å². The molecule has 0 radical (unpaired) electrons. The molecule has 0 unspecified atom stereocenters. The van der Waals surface area contributed by atoms with Crippen LogP contribution in [0.3, 0.4) is 0 Å². The van der Waals surface area contributed by atoms with Gasteiger partial charge in [-0.2, -0.15) is 0 Å². The quantitative estimate of drug-likeness (QED) is 0.733. The minimum Gasteiger partial charge on any atom is -0.330 e. The highest BCUT2D eigenvalue weighted by Crippen LogP contribution is 2.30. The highest BCUT2D eigenvalue weighted by molar-refractivity contribution is 7.89. The van der Waals surface area contributed by atoms with Crippen molar-refractivity contribution in [1.82, 2.24) is 4.31 Å². The molecule has 0 aromatic rings. The van der Waals surface area contributed by atoms with Gasteiger partial charge in [-0.25, -0.2) is 12.7 Å². The van der Waals surface area contributed by atoms with E-state index in [4.69, 9.17) is 5.73 Å². The number of nitrogens with zero attached hydrogens (tertiary/aromatic N) is 1. The third kappa shape index (κ3) is 3.45. The molecular formula is C10H20N2O3S. The van der Waals surface area contributed by atoms with E-state index in [1.165, 1.54) is 0 Å². The molecule has 0 aromatic carbocycles. The summed E-state index contributed by atoms with van der Waals surface area (Å²) in [5.74, 6) is -0.303. The van der Waals surface area contributed by atoms with Crippen LogP contribution in [0.1, 0.15) is 33.1 Å². The summed E-state index contributed by atoms with van der Waals surface area (Å²) in [6.07, 6.45) is 1.68. The summed E-state index contributed by atoms with van der Waals surface area (Å²) in [5, 5.41) is 0. The van der Waals surface area contributed by atoms with E-state index >= 15 is 0 Å². The second kappa shape index (κ2) is 5.14. The average Bonchev–Trinajstić information content (AvgIpc) is 2.85. The first-order chi connectivity index (χ1) is 7.38. The summed E-state index contributed by atoms with van der Waals surface area (Å²) < 4.78 is 25.1. The Morgan fingerprint density at radius 2 is 2.00 bits per heavy atom. The molecule has 0 aromatic heterocycles. The molecular weight excluding hydrogens is 228 g/mol. The number of amides is 1. The van der Waals surface area contributed by atoms with Crippen LogP contribution in [0.5, 0.6) is 0 Å². The maximum absolute atomic E-state index is 12.0. The molecule has 0 atom stereocenters. The van der Waals surface area contributed by atoms with Gasteiger partial charge in [0.2, 0.25) is 15.9 Å². The van der Waals surface area contributed by atoms with Crippen LogP contribution >= 0.6 is 0 Å². The van der Waals surface area contributed by atoms with Crippen LogP contribution in [-0.4, -0.2) is 37.0 Å². The van der Waals surface area contributed by atoms with Crippen molar-refractivity contribution < 1.29 is 13.2 Å². The van der Waals surface area contributed by atoms with Crippen molar-refractivity contribution in [3.8, 4) is 0 Å². The summed E-state index contributed by atoms with van der Waals surface area (Å²) in [7, 11) is -3.45. The molecule has 5 nitrogen and oxygen atoms in total. The summed E-state index contributed by atoms with van der Waals surface area (Å²) in [4.78, 5) is 11.7. The van der Waals surface area contributed by atoms with Crippen molar-refractivity contribution in [1.29, 1.82) is 0 Å². The number of hydrogen-bond donors (Lipinski definition) is 1. The van der Waals surface area contributed by atoms with Crippen LogP contribution in [0.15, 0.2) is 0 Å². The molecule has 0 spiro atoms. The first-order valence-corrected chi connectivity index (χ1v) is 7.24. The third-order valence-electron chi connectivity index (χ3n) is 2.33. The number of rotatable bonds is 6. The van der Waals surface area contributed by atoms with Crippen molar-refractivity contribution in [3.05, 3.63) is 0 Å². The zero-order valence-electron chi connectivity index (χ0n) is 9.85. The van der Waals surface area contributed by atoms with Crippen LogP contribution < -0.4 is 5.73 Å². The van der Waals surface area contributed by atoms with Crippen LogP contribution in [0.25, 0.3) is 0 Å². The smallest absolute Gasteiger partial charge is 0.237 e. The van der Waals surface area contributed by atoms with Gasteiger partial charge in [0.15, 0.2) is 0 Å². The van der Waals surface area contributed by atoms with E-state index in [1.54, 1.807) is 0 Å². The lowest BCUT2D eigenvalue weighted by Crippen LogP contribution is -2.41. The van der Waals surface area contributed by atoms with Gasteiger partial charge in [-0.1, -0.05) is 13.8 Å². The van der Waals surface area contributed by atoms with E-state index in [9.17, 15) is 13.2 Å². The van der Waals surface area contributed by atoms with Crippen LogP contribution in [0.2, 0.25) is 0 Å². The standard InChI is InChI=1S/C10H20N2O3S/c1-8(2)7-16(14,15)12(9-3-4-9)10(13)5-6-11/h8-9H,3-7,11H2,1-2H3. The Morgan fingerprint density at radius 3 is 2.38 bits per heavy atom. The molecule has 2 N–H and O–H groups in total. The molecule has 1 amide bonds. The monoisotopic (exact) mass is 248 g/mol. The second-order valence-electron chi connectivity index (χ2n) is 4.63. The number of carbonyl (C=O) groups excluding carboxylic acids is 1.